The number of nitrogens with two attached hydrogens (primary N) is 2. The van der Waals surface area contributed by atoms with Gasteiger partial charge in [0.2, 0.25) is 0 Å². The van der Waals surface area contributed by atoms with E-state index < -0.39 is 0 Å². The molecule has 2 aromatic rings. The van der Waals surface area contributed by atoms with Crippen LogP contribution < -0.4 is 16.2 Å². The second kappa shape index (κ2) is 12.1. The lowest BCUT2D eigenvalue weighted by Crippen LogP contribution is -2.50. The molecule has 2 heterocycles. The molecule has 4 rings (SSSR count). The van der Waals surface area contributed by atoms with Crippen molar-refractivity contribution < 1.29 is 9.53 Å². The van der Waals surface area contributed by atoms with E-state index in [0.29, 0.717) is 77.9 Å². The molecule has 0 saturated carbocycles. The first-order chi connectivity index (χ1) is 17.7. The third kappa shape index (κ3) is 6.73. The highest BCUT2D eigenvalue weighted by molar-refractivity contribution is 6.33. The Morgan fingerprint density at radius 1 is 1.14 bits per heavy atom. The molecule has 198 valence electrons. The zero-order chi connectivity index (χ0) is 26.5. The average Bonchev–Trinajstić information content (AvgIpc) is 2.88. The molecule has 0 spiro atoms. The summed E-state index contributed by atoms with van der Waals surface area (Å²) in [4.78, 5) is 28.3. The molecule has 0 aromatic heterocycles. The third-order valence-electron chi connectivity index (χ3n) is 6.73. The molecule has 37 heavy (non-hydrogen) atoms. The van der Waals surface area contributed by atoms with Crippen molar-refractivity contribution in [3.63, 3.8) is 0 Å². The minimum Gasteiger partial charge on any atom is -0.494 e. The Morgan fingerprint density at radius 2 is 1.89 bits per heavy atom. The summed E-state index contributed by atoms with van der Waals surface area (Å²) in [6.07, 6.45) is 0.374. The number of hydrogen-bond acceptors (Lipinski definition) is 7. The predicted octanol–water partition coefficient (Wildman–Crippen LogP) is 3.01. The number of rotatable bonds is 7. The smallest absolute Gasteiger partial charge is 0.254 e. The Balaban J connectivity index is 1.50. The summed E-state index contributed by atoms with van der Waals surface area (Å²) in [6.45, 7) is 4.96. The maximum atomic E-state index is 13.0. The number of amides is 1. The van der Waals surface area contributed by atoms with Gasteiger partial charge in [-0.2, -0.15) is 0 Å². The Labute approximate surface area is 227 Å². The minimum atomic E-state index is -0.239. The molecule has 1 amide bonds. The molecular weight excluding hydrogens is 513 g/mol. The van der Waals surface area contributed by atoms with Gasteiger partial charge in [0.25, 0.3) is 5.91 Å². The van der Waals surface area contributed by atoms with Crippen LogP contribution in [0.5, 0.6) is 5.75 Å². The van der Waals surface area contributed by atoms with Crippen molar-refractivity contribution in [2.45, 2.75) is 19.0 Å². The van der Waals surface area contributed by atoms with Crippen LogP contribution in [0.25, 0.3) is 0 Å². The number of carbonyl (C=O) groups is 1. The Morgan fingerprint density at radius 3 is 2.62 bits per heavy atom. The molecule has 1 atom stereocenters. The van der Waals surface area contributed by atoms with E-state index in [1.54, 1.807) is 37.4 Å². The number of ether oxygens (including phenoxy) is 1. The van der Waals surface area contributed by atoms with E-state index in [0.717, 1.165) is 18.7 Å². The first-order valence-corrected chi connectivity index (χ1v) is 13.0. The highest BCUT2D eigenvalue weighted by Crippen LogP contribution is 2.30. The minimum absolute atomic E-state index is 0.0172. The van der Waals surface area contributed by atoms with E-state index in [2.05, 4.69) is 26.8 Å². The molecule has 1 fully saturated rings. The second-order valence-corrected chi connectivity index (χ2v) is 10.2. The van der Waals surface area contributed by atoms with Crippen LogP contribution in [0.1, 0.15) is 22.3 Å². The SMILES string of the molecule is COc1cc(C(=O)N2CCN(C)CC2)ccc1N=C(N)CC1C(N)=NCCN1Cc1cc(Cl)ccc1Cl. The van der Waals surface area contributed by atoms with Gasteiger partial charge in [0.1, 0.15) is 23.1 Å². The number of amidine groups is 2. The summed E-state index contributed by atoms with van der Waals surface area (Å²) < 4.78 is 5.55. The van der Waals surface area contributed by atoms with Crippen LogP contribution in [-0.2, 0) is 6.54 Å². The highest BCUT2D eigenvalue weighted by atomic mass is 35.5. The maximum Gasteiger partial charge on any atom is 0.254 e. The van der Waals surface area contributed by atoms with E-state index in [9.17, 15) is 4.79 Å². The molecule has 11 heteroatoms. The molecule has 1 saturated heterocycles. The number of carbonyl (C=O) groups excluding carboxylic acids is 1. The lowest BCUT2D eigenvalue weighted by molar-refractivity contribution is 0.0664. The molecular formula is C26H33Cl2N7O2. The lowest BCUT2D eigenvalue weighted by atomic mass is 10.1. The van der Waals surface area contributed by atoms with Crippen LogP contribution in [0.4, 0.5) is 5.69 Å². The van der Waals surface area contributed by atoms with Crippen molar-refractivity contribution in [3.05, 3.63) is 57.6 Å². The lowest BCUT2D eigenvalue weighted by Gasteiger charge is -2.34. The normalized spacial score (nSPS) is 19.6. The van der Waals surface area contributed by atoms with Crippen LogP contribution in [0.2, 0.25) is 10.0 Å². The number of likely N-dealkylation sites (N-methyl/N-ethyl adjacent to an activating group) is 1. The quantitative estimate of drug-likeness (QED) is 0.408. The van der Waals surface area contributed by atoms with Crippen molar-refractivity contribution in [1.82, 2.24) is 14.7 Å². The summed E-state index contributed by atoms with van der Waals surface area (Å²) in [5.41, 5.74) is 14.7. The van der Waals surface area contributed by atoms with Crippen molar-refractivity contribution in [1.29, 1.82) is 0 Å². The average molecular weight is 547 g/mol. The Bertz CT molecular complexity index is 1200. The van der Waals surface area contributed by atoms with Gasteiger partial charge in [-0.05, 0) is 49.0 Å². The fourth-order valence-corrected chi connectivity index (χ4v) is 4.93. The fourth-order valence-electron chi connectivity index (χ4n) is 4.56. The molecule has 0 radical (unpaired) electrons. The number of halogens is 2. The topological polar surface area (TPSA) is 113 Å². The molecule has 2 aliphatic heterocycles. The number of nitrogens with zero attached hydrogens (tertiary/aromatic N) is 5. The van der Waals surface area contributed by atoms with Gasteiger partial charge < -0.3 is 26.0 Å². The van der Waals surface area contributed by atoms with Crippen LogP contribution in [-0.4, -0.2) is 91.7 Å². The number of aliphatic imine (C=N–C) groups is 2. The van der Waals surface area contributed by atoms with Crippen LogP contribution in [0.3, 0.4) is 0 Å². The molecule has 2 aliphatic rings. The summed E-state index contributed by atoms with van der Waals surface area (Å²) in [5.74, 6) is 1.35. The Hall–Kier alpha value is -2.85. The van der Waals surface area contributed by atoms with Crippen molar-refractivity contribution in [3.8, 4) is 5.75 Å². The standard InChI is InChI=1S/C26H33Cl2N7O2/c1-33-9-11-34(12-10-33)26(36)17-3-6-21(23(14-17)37-2)32-24(29)15-22-25(30)31-7-8-35(22)16-18-13-19(27)4-5-20(18)28/h3-6,13-14,22H,7-12,15-16H2,1-2H3,(H2,29,32)(H2,30,31). The number of hydrogen-bond donors (Lipinski definition) is 2. The number of methoxy groups -OCH3 is 1. The van der Waals surface area contributed by atoms with Gasteiger partial charge in [0.15, 0.2) is 0 Å². The fraction of sp³-hybridized carbons (Fsp3) is 0.423. The van der Waals surface area contributed by atoms with Crippen molar-refractivity contribution in [2.75, 3.05) is 53.4 Å². The Kier molecular flexibility index (Phi) is 8.91. The maximum absolute atomic E-state index is 13.0. The van der Waals surface area contributed by atoms with Gasteiger partial charge in [-0.1, -0.05) is 23.2 Å². The molecule has 9 nitrogen and oxygen atoms in total. The first-order valence-electron chi connectivity index (χ1n) is 12.2. The van der Waals surface area contributed by atoms with Gasteiger partial charge in [-0.15, -0.1) is 0 Å². The summed E-state index contributed by atoms with van der Waals surface area (Å²) in [6, 6.07) is 10.4. The summed E-state index contributed by atoms with van der Waals surface area (Å²) >= 11 is 12.6. The van der Waals surface area contributed by atoms with E-state index in [1.165, 1.54) is 0 Å². The van der Waals surface area contributed by atoms with Gasteiger partial charge in [0, 0.05) is 61.3 Å². The van der Waals surface area contributed by atoms with E-state index in [-0.39, 0.29) is 11.9 Å². The van der Waals surface area contributed by atoms with Gasteiger partial charge >= 0.3 is 0 Å². The van der Waals surface area contributed by atoms with E-state index in [1.807, 2.05) is 11.0 Å². The number of benzene rings is 2. The zero-order valence-corrected chi connectivity index (χ0v) is 22.7. The first kappa shape index (κ1) is 27.2. The monoisotopic (exact) mass is 545 g/mol. The molecule has 1 unspecified atom stereocenters. The highest BCUT2D eigenvalue weighted by Gasteiger charge is 2.27. The van der Waals surface area contributed by atoms with Gasteiger partial charge in [0.05, 0.1) is 19.7 Å². The number of piperazine rings is 1. The van der Waals surface area contributed by atoms with E-state index in [4.69, 9.17) is 39.4 Å². The predicted molar refractivity (Wildman–Crippen MR) is 149 cm³/mol. The van der Waals surface area contributed by atoms with E-state index >= 15 is 0 Å². The largest absolute Gasteiger partial charge is 0.494 e. The van der Waals surface area contributed by atoms with Gasteiger partial charge in [-0.25, -0.2) is 4.99 Å². The zero-order valence-electron chi connectivity index (χ0n) is 21.2. The molecule has 2 aromatic carbocycles. The molecule has 4 N–H and O–H groups in total. The summed E-state index contributed by atoms with van der Waals surface area (Å²) in [5, 5.41) is 1.26. The van der Waals surface area contributed by atoms with Crippen molar-refractivity contribution in [2.24, 2.45) is 21.5 Å². The van der Waals surface area contributed by atoms with Crippen LogP contribution in [0, 0.1) is 0 Å². The van der Waals surface area contributed by atoms with Crippen molar-refractivity contribution >= 4 is 46.5 Å². The third-order valence-corrected chi connectivity index (χ3v) is 7.33. The van der Waals surface area contributed by atoms with Crippen LogP contribution >= 0.6 is 23.2 Å². The van der Waals surface area contributed by atoms with Gasteiger partial charge in [-0.3, -0.25) is 14.7 Å². The molecule has 0 bridgehead atoms. The summed E-state index contributed by atoms with van der Waals surface area (Å²) in [7, 11) is 3.61. The van der Waals surface area contributed by atoms with Crippen LogP contribution in [0.15, 0.2) is 46.4 Å². The second-order valence-electron chi connectivity index (χ2n) is 9.32. The molecule has 0 aliphatic carbocycles.